The minimum Gasteiger partial charge on any atom is -0.460 e. The third kappa shape index (κ3) is 3.56. The molecule has 1 aliphatic rings. The van der Waals surface area contributed by atoms with Gasteiger partial charge in [-0.15, -0.1) is 0 Å². The molecule has 0 unspecified atom stereocenters. The lowest BCUT2D eigenvalue weighted by atomic mass is 10.0. The molecule has 1 aliphatic heterocycles. The molecule has 28 heavy (non-hydrogen) atoms. The molecule has 0 aliphatic carbocycles. The Kier molecular flexibility index (Phi) is 4.52. The highest BCUT2D eigenvalue weighted by molar-refractivity contribution is 7.89. The molecule has 1 aromatic heterocycles. The number of primary sulfonamides is 1. The van der Waals surface area contributed by atoms with Crippen molar-refractivity contribution in [3.05, 3.63) is 83.6 Å². The fraction of sp³-hybridized carbons (Fsp3) is 0.150. The van der Waals surface area contributed by atoms with E-state index in [9.17, 15) is 12.8 Å². The van der Waals surface area contributed by atoms with Gasteiger partial charge in [0.1, 0.15) is 23.0 Å². The molecule has 2 aromatic carbocycles. The number of aryl methyl sites for hydroxylation is 1. The molecule has 0 spiro atoms. The second-order valence-corrected chi connectivity index (χ2v) is 8.17. The first-order valence-corrected chi connectivity index (χ1v) is 10.2. The van der Waals surface area contributed by atoms with Gasteiger partial charge in [0.15, 0.2) is 0 Å². The van der Waals surface area contributed by atoms with Crippen LogP contribution in [0.15, 0.2) is 75.1 Å². The summed E-state index contributed by atoms with van der Waals surface area (Å²) >= 11 is 0. The number of rotatable bonds is 4. The number of hydrazone groups is 1. The molecule has 0 saturated carbocycles. The van der Waals surface area contributed by atoms with Gasteiger partial charge >= 0.3 is 0 Å². The molecule has 3 aromatic rings. The van der Waals surface area contributed by atoms with E-state index in [0.717, 1.165) is 17.0 Å². The van der Waals surface area contributed by atoms with E-state index in [0.29, 0.717) is 17.9 Å². The van der Waals surface area contributed by atoms with Gasteiger partial charge in [-0.05, 0) is 61.0 Å². The summed E-state index contributed by atoms with van der Waals surface area (Å²) < 4.78 is 42.1. The van der Waals surface area contributed by atoms with Crippen LogP contribution in [0.1, 0.15) is 29.5 Å². The van der Waals surface area contributed by atoms with Crippen LogP contribution in [0.3, 0.4) is 0 Å². The van der Waals surface area contributed by atoms with Crippen molar-refractivity contribution in [3.63, 3.8) is 0 Å². The normalized spacial score (nSPS) is 17.0. The third-order valence-electron chi connectivity index (χ3n) is 4.62. The van der Waals surface area contributed by atoms with E-state index in [1.54, 1.807) is 29.3 Å². The predicted octanol–water partition coefficient (Wildman–Crippen LogP) is 3.73. The Balaban J connectivity index is 1.74. The Morgan fingerprint density at radius 3 is 2.32 bits per heavy atom. The van der Waals surface area contributed by atoms with Crippen molar-refractivity contribution in [2.75, 3.05) is 5.01 Å². The second-order valence-electron chi connectivity index (χ2n) is 6.61. The van der Waals surface area contributed by atoms with E-state index in [1.807, 2.05) is 19.1 Å². The van der Waals surface area contributed by atoms with Gasteiger partial charge in [-0.1, -0.05) is 12.1 Å². The molecule has 2 N–H and O–H groups in total. The highest BCUT2D eigenvalue weighted by Crippen LogP contribution is 2.37. The standard InChI is InChI=1S/C20H18FN3O3S/c1-13-2-11-20(27-13)18-12-19(14-3-5-15(21)6-4-14)24(23-18)16-7-9-17(10-8-16)28(22,25)26/h2-11,19H,12H2,1H3,(H2,22,25,26)/t19-/m1/s1. The molecule has 8 heteroatoms. The maximum absolute atomic E-state index is 13.4. The Labute approximate surface area is 162 Å². The van der Waals surface area contributed by atoms with E-state index in [2.05, 4.69) is 0 Å². The summed E-state index contributed by atoms with van der Waals surface area (Å²) in [6.45, 7) is 1.86. The van der Waals surface area contributed by atoms with Gasteiger partial charge in [-0.3, -0.25) is 5.01 Å². The van der Waals surface area contributed by atoms with Crippen molar-refractivity contribution < 1.29 is 17.2 Å². The highest BCUT2D eigenvalue weighted by Gasteiger charge is 2.31. The van der Waals surface area contributed by atoms with Crippen molar-refractivity contribution in [1.82, 2.24) is 0 Å². The molecule has 0 bridgehead atoms. The lowest BCUT2D eigenvalue weighted by molar-refractivity contribution is 0.524. The van der Waals surface area contributed by atoms with Crippen LogP contribution in [0, 0.1) is 12.7 Å². The van der Waals surface area contributed by atoms with E-state index in [1.165, 1.54) is 24.3 Å². The van der Waals surface area contributed by atoms with E-state index >= 15 is 0 Å². The summed E-state index contributed by atoms with van der Waals surface area (Å²) in [5.41, 5.74) is 2.34. The molecule has 0 fully saturated rings. The third-order valence-corrected chi connectivity index (χ3v) is 5.55. The zero-order valence-electron chi connectivity index (χ0n) is 15.0. The number of furan rings is 1. The molecule has 4 rings (SSSR count). The summed E-state index contributed by atoms with van der Waals surface area (Å²) in [7, 11) is -3.78. The molecule has 1 atom stereocenters. The molecule has 0 saturated heterocycles. The Hall–Kier alpha value is -2.97. The Bertz CT molecular complexity index is 1140. The number of nitrogens with two attached hydrogens (primary N) is 1. The molecule has 6 nitrogen and oxygen atoms in total. The van der Waals surface area contributed by atoms with Gasteiger partial charge in [-0.2, -0.15) is 5.10 Å². The summed E-state index contributed by atoms with van der Waals surface area (Å²) in [4.78, 5) is 0.0274. The van der Waals surface area contributed by atoms with Crippen LogP contribution < -0.4 is 10.1 Å². The SMILES string of the molecule is Cc1ccc(C2=NN(c3ccc(S(N)(=O)=O)cc3)[C@@H](c3ccc(F)cc3)C2)o1. The van der Waals surface area contributed by atoms with Crippen LogP contribution in [-0.2, 0) is 10.0 Å². The predicted molar refractivity (Wildman–Crippen MR) is 104 cm³/mol. The smallest absolute Gasteiger partial charge is 0.238 e. The summed E-state index contributed by atoms with van der Waals surface area (Å²) in [5.74, 6) is 1.15. The monoisotopic (exact) mass is 399 g/mol. The quantitative estimate of drug-likeness (QED) is 0.724. The fourth-order valence-corrected chi connectivity index (χ4v) is 3.74. The second kappa shape index (κ2) is 6.88. The van der Waals surface area contributed by atoms with E-state index in [4.69, 9.17) is 14.7 Å². The van der Waals surface area contributed by atoms with Crippen LogP contribution in [-0.4, -0.2) is 14.1 Å². The molecule has 0 amide bonds. The van der Waals surface area contributed by atoms with Crippen molar-refractivity contribution in [2.24, 2.45) is 10.2 Å². The van der Waals surface area contributed by atoms with E-state index in [-0.39, 0.29) is 16.8 Å². The largest absolute Gasteiger partial charge is 0.460 e. The molecule has 0 radical (unpaired) electrons. The first-order chi connectivity index (χ1) is 13.3. The zero-order chi connectivity index (χ0) is 19.9. The average molecular weight is 399 g/mol. The molecular weight excluding hydrogens is 381 g/mol. The summed E-state index contributed by atoms with van der Waals surface area (Å²) in [6, 6.07) is 16.0. The lowest BCUT2D eigenvalue weighted by Gasteiger charge is -2.24. The van der Waals surface area contributed by atoms with Crippen LogP contribution in [0.4, 0.5) is 10.1 Å². The van der Waals surface area contributed by atoms with Crippen LogP contribution in [0.5, 0.6) is 0 Å². The summed E-state index contributed by atoms with van der Waals surface area (Å²) in [5, 5.41) is 11.7. The van der Waals surface area contributed by atoms with Crippen LogP contribution in [0.25, 0.3) is 0 Å². The Morgan fingerprint density at radius 2 is 1.75 bits per heavy atom. The first kappa shape index (κ1) is 18.4. The number of halogens is 1. The maximum atomic E-state index is 13.4. The molecular formula is C20H18FN3O3S. The minimum absolute atomic E-state index is 0.0274. The van der Waals surface area contributed by atoms with Gasteiger partial charge in [0, 0.05) is 6.42 Å². The maximum Gasteiger partial charge on any atom is 0.238 e. The topological polar surface area (TPSA) is 88.9 Å². The fourth-order valence-electron chi connectivity index (χ4n) is 3.22. The number of sulfonamides is 1. The molecule has 2 heterocycles. The van der Waals surface area contributed by atoms with Gasteiger partial charge in [0.25, 0.3) is 0 Å². The first-order valence-electron chi connectivity index (χ1n) is 8.63. The minimum atomic E-state index is -3.78. The number of hydrogen-bond donors (Lipinski definition) is 1. The number of hydrogen-bond acceptors (Lipinski definition) is 5. The van der Waals surface area contributed by atoms with Gasteiger partial charge in [0.2, 0.25) is 10.0 Å². The van der Waals surface area contributed by atoms with Crippen LogP contribution in [0.2, 0.25) is 0 Å². The van der Waals surface area contributed by atoms with Crippen molar-refractivity contribution in [3.8, 4) is 0 Å². The average Bonchev–Trinajstić information content (AvgIpc) is 3.28. The van der Waals surface area contributed by atoms with Crippen LogP contribution >= 0.6 is 0 Å². The van der Waals surface area contributed by atoms with Crippen molar-refractivity contribution in [2.45, 2.75) is 24.3 Å². The van der Waals surface area contributed by atoms with Gasteiger partial charge in [-0.25, -0.2) is 17.9 Å². The van der Waals surface area contributed by atoms with Crippen molar-refractivity contribution >= 4 is 21.4 Å². The van der Waals surface area contributed by atoms with Crippen molar-refractivity contribution in [1.29, 1.82) is 0 Å². The number of anilines is 1. The van der Waals surface area contributed by atoms with E-state index < -0.39 is 10.0 Å². The number of nitrogens with zero attached hydrogens (tertiary/aromatic N) is 2. The zero-order valence-corrected chi connectivity index (χ0v) is 15.9. The van der Waals surface area contributed by atoms with Gasteiger partial charge in [0.05, 0.1) is 16.6 Å². The lowest BCUT2D eigenvalue weighted by Crippen LogP contribution is -2.19. The molecule has 144 valence electrons. The highest BCUT2D eigenvalue weighted by atomic mass is 32.2. The number of benzene rings is 2. The van der Waals surface area contributed by atoms with Gasteiger partial charge < -0.3 is 4.42 Å². The Morgan fingerprint density at radius 1 is 1.07 bits per heavy atom. The summed E-state index contributed by atoms with van der Waals surface area (Å²) in [6.07, 6.45) is 0.565.